The van der Waals surface area contributed by atoms with Crippen LogP contribution in [-0.2, 0) is 19.7 Å². The van der Waals surface area contributed by atoms with E-state index in [-0.39, 0.29) is 12.1 Å². The molecule has 5 atom stereocenters. The first-order valence-electron chi connectivity index (χ1n) is 10.4. The first kappa shape index (κ1) is 20.7. The highest BCUT2D eigenvalue weighted by Gasteiger charge is 2.64. The average Bonchev–Trinajstić information content (AvgIpc) is 3.23. The topological polar surface area (TPSA) is 88.1 Å². The molecule has 1 spiro atoms. The summed E-state index contributed by atoms with van der Waals surface area (Å²) in [5.41, 5.74) is 1.33. The number of benzene rings is 1. The SMILES string of the molecule is COC(=O)C1=C[C@@H]([C@H](C)O)[C@@H]2N(C(=O)OC(C)(C)C)CC[C@@]23c2ccccc2N[C@@H]13. The maximum Gasteiger partial charge on any atom is 0.410 e. The smallest absolute Gasteiger partial charge is 0.410 e. The van der Waals surface area contributed by atoms with Gasteiger partial charge in [0, 0.05) is 23.6 Å². The minimum Gasteiger partial charge on any atom is -0.466 e. The summed E-state index contributed by atoms with van der Waals surface area (Å²) in [5, 5.41) is 14.2. The second-order valence-electron chi connectivity index (χ2n) is 9.46. The number of nitrogens with one attached hydrogen (secondary N) is 1. The van der Waals surface area contributed by atoms with E-state index in [1.54, 1.807) is 17.9 Å². The fraction of sp³-hybridized carbons (Fsp3) is 0.565. The van der Waals surface area contributed by atoms with E-state index in [1.807, 2.05) is 45.0 Å². The van der Waals surface area contributed by atoms with Crippen molar-refractivity contribution in [2.75, 3.05) is 19.0 Å². The van der Waals surface area contributed by atoms with Gasteiger partial charge in [-0.2, -0.15) is 0 Å². The monoisotopic (exact) mass is 414 g/mol. The number of carbonyl (C=O) groups is 2. The molecule has 1 aromatic carbocycles. The molecule has 4 rings (SSSR count). The summed E-state index contributed by atoms with van der Waals surface area (Å²) in [6.07, 6.45) is 1.28. The molecule has 1 amide bonds. The lowest BCUT2D eigenvalue weighted by atomic mass is 9.61. The van der Waals surface area contributed by atoms with Crippen molar-refractivity contribution in [1.82, 2.24) is 4.90 Å². The highest BCUT2D eigenvalue weighted by Crippen LogP contribution is 2.57. The Morgan fingerprint density at radius 3 is 2.63 bits per heavy atom. The van der Waals surface area contributed by atoms with Crippen LogP contribution in [0, 0.1) is 5.92 Å². The van der Waals surface area contributed by atoms with Gasteiger partial charge in [0.25, 0.3) is 0 Å². The number of nitrogens with zero attached hydrogens (tertiary/aromatic N) is 1. The minimum absolute atomic E-state index is 0.338. The van der Waals surface area contributed by atoms with Gasteiger partial charge in [0.15, 0.2) is 0 Å². The lowest BCUT2D eigenvalue weighted by Crippen LogP contribution is -2.60. The van der Waals surface area contributed by atoms with Crippen LogP contribution in [0.3, 0.4) is 0 Å². The first-order chi connectivity index (χ1) is 14.1. The van der Waals surface area contributed by atoms with E-state index in [0.717, 1.165) is 11.3 Å². The molecule has 3 aliphatic rings. The zero-order valence-corrected chi connectivity index (χ0v) is 18.1. The molecule has 1 aromatic rings. The summed E-state index contributed by atoms with van der Waals surface area (Å²) in [4.78, 5) is 27.6. The Hall–Kier alpha value is -2.54. The molecule has 1 fully saturated rings. The van der Waals surface area contributed by atoms with E-state index >= 15 is 0 Å². The molecule has 2 heterocycles. The lowest BCUT2D eigenvalue weighted by molar-refractivity contribution is -0.136. The number of hydrogen-bond donors (Lipinski definition) is 2. The van der Waals surface area contributed by atoms with Crippen molar-refractivity contribution in [3.8, 4) is 0 Å². The van der Waals surface area contributed by atoms with E-state index in [4.69, 9.17) is 9.47 Å². The number of hydrogen-bond acceptors (Lipinski definition) is 6. The fourth-order valence-electron chi connectivity index (χ4n) is 5.47. The van der Waals surface area contributed by atoms with Gasteiger partial charge in [-0.1, -0.05) is 24.3 Å². The van der Waals surface area contributed by atoms with Gasteiger partial charge in [-0.3, -0.25) is 0 Å². The van der Waals surface area contributed by atoms with Crippen LogP contribution in [0.25, 0.3) is 0 Å². The number of anilines is 1. The third-order valence-corrected chi connectivity index (χ3v) is 6.53. The Kier molecular flexibility index (Phi) is 4.84. The highest BCUT2D eigenvalue weighted by atomic mass is 16.6. The molecule has 1 aliphatic carbocycles. The van der Waals surface area contributed by atoms with Crippen LogP contribution in [0.4, 0.5) is 10.5 Å². The van der Waals surface area contributed by atoms with Gasteiger partial charge >= 0.3 is 12.1 Å². The fourth-order valence-corrected chi connectivity index (χ4v) is 5.47. The summed E-state index contributed by atoms with van der Waals surface area (Å²) >= 11 is 0. The quantitative estimate of drug-likeness (QED) is 0.724. The standard InChI is InChI=1S/C23H30N2O5/c1-13(26)14-12-15(20(27)29-5)18-23(16-8-6-7-9-17(16)24-18)10-11-25(19(14)23)21(28)30-22(2,3)4/h6-9,12-14,18-19,24,26H,10-11H2,1-5H3/t13-,14-,18-,19-,23-/m0/s1. The van der Waals surface area contributed by atoms with E-state index < -0.39 is 35.1 Å². The summed E-state index contributed by atoms with van der Waals surface area (Å²) < 4.78 is 10.8. The molecule has 162 valence electrons. The Morgan fingerprint density at radius 2 is 2.00 bits per heavy atom. The minimum atomic E-state index is -0.761. The number of esters is 1. The van der Waals surface area contributed by atoms with Crippen molar-refractivity contribution in [2.45, 2.75) is 63.3 Å². The molecule has 1 saturated heterocycles. The molecule has 7 heteroatoms. The zero-order valence-electron chi connectivity index (χ0n) is 18.1. The van der Waals surface area contributed by atoms with Crippen molar-refractivity contribution in [2.24, 2.45) is 5.92 Å². The second-order valence-corrected chi connectivity index (χ2v) is 9.46. The van der Waals surface area contributed by atoms with Crippen molar-refractivity contribution in [3.05, 3.63) is 41.5 Å². The molecule has 2 N–H and O–H groups in total. The summed E-state index contributed by atoms with van der Waals surface area (Å²) in [7, 11) is 1.36. The van der Waals surface area contributed by atoms with Gasteiger partial charge in [0.05, 0.1) is 30.9 Å². The van der Waals surface area contributed by atoms with Crippen molar-refractivity contribution >= 4 is 17.7 Å². The van der Waals surface area contributed by atoms with Crippen LogP contribution in [0.5, 0.6) is 0 Å². The highest BCUT2D eigenvalue weighted by molar-refractivity contribution is 5.93. The number of para-hydroxylation sites is 1. The van der Waals surface area contributed by atoms with E-state index in [9.17, 15) is 14.7 Å². The van der Waals surface area contributed by atoms with Crippen LogP contribution in [-0.4, -0.2) is 59.5 Å². The van der Waals surface area contributed by atoms with Crippen LogP contribution in [0.15, 0.2) is 35.9 Å². The Bertz CT molecular complexity index is 903. The lowest BCUT2D eigenvalue weighted by Gasteiger charge is -2.47. The second kappa shape index (κ2) is 7.01. The molecule has 2 aliphatic heterocycles. The molecular formula is C23H30N2O5. The third kappa shape index (κ3) is 2.98. The summed E-state index contributed by atoms with van der Waals surface area (Å²) in [6, 6.07) is 7.27. The van der Waals surface area contributed by atoms with Gasteiger partial charge in [-0.25, -0.2) is 9.59 Å². The number of methoxy groups -OCH3 is 1. The van der Waals surface area contributed by atoms with Gasteiger partial charge in [0.2, 0.25) is 0 Å². The number of amides is 1. The maximum absolute atomic E-state index is 13.1. The molecular weight excluding hydrogens is 384 g/mol. The molecule has 30 heavy (non-hydrogen) atoms. The zero-order chi connectivity index (χ0) is 21.8. The number of rotatable bonds is 2. The molecule has 0 saturated carbocycles. The first-order valence-corrected chi connectivity index (χ1v) is 10.4. The van der Waals surface area contributed by atoms with Gasteiger partial charge in [0.1, 0.15) is 5.60 Å². The number of aliphatic hydroxyl groups excluding tert-OH is 1. The van der Waals surface area contributed by atoms with E-state index in [2.05, 4.69) is 5.32 Å². The van der Waals surface area contributed by atoms with Crippen molar-refractivity contribution in [1.29, 1.82) is 0 Å². The molecule has 0 aromatic heterocycles. The molecule has 7 nitrogen and oxygen atoms in total. The van der Waals surface area contributed by atoms with Crippen molar-refractivity contribution in [3.63, 3.8) is 0 Å². The number of aliphatic hydroxyl groups is 1. The normalized spacial score (nSPS) is 30.4. The van der Waals surface area contributed by atoms with Crippen LogP contribution >= 0.6 is 0 Å². The Balaban J connectivity index is 1.88. The predicted octanol–water partition coefficient (Wildman–Crippen LogP) is 2.84. The number of carbonyl (C=O) groups excluding carboxylic acids is 2. The Morgan fingerprint density at radius 1 is 1.30 bits per heavy atom. The van der Waals surface area contributed by atoms with Gasteiger partial charge < -0.3 is 24.8 Å². The summed E-state index contributed by atoms with van der Waals surface area (Å²) in [5.74, 6) is -0.849. The van der Waals surface area contributed by atoms with Crippen LogP contribution < -0.4 is 5.32 Å². The largest absolute Gasteiger partial charge is 0.466 e. The van der Waals surface area contributed by atoms with Crippen molar-refractivity contribution < 1.29 is 24.2 Å². The van der Waals surface area contributed by atoms with E-state index in [1.165, 1.54) is 7.11 Å². The molecule has 0 unspecified atom stereocenters. The Labute approximate surface area is 177 Å². The van der Waals surface area contributed by atoms with Gasteiger partial charge in [-0.15, -0.1) is 0 Å². The molecule has 0 bridgehead atoms. The maximum atomic E-state index is 13.1. The number of fused-ring (bicyclic) bond motifs is 1. The van der Waals surface area contributed by atoms with Gasteiger partial charge in [-0.05, 0) is 45.7 Å². The van der Waals surface area contributed by atoms with Crippen LogP contribution in [0.2, 0.25) is 0 Å². The summed E-state index contributed by atoms with van der Waals surface area (Å²) in [6.45, 7) is 7.71. The number of likely N-dealkylation sites (tertiary alicyclic amines) is 1. The average molecular weight is 415 g/mol. The number of ether oxygens (including phenoxy) is 2. The third-order valence-electron chi connectivity index (χ3n) is 6.53. The van der Waals surface area contributed by atoms with Crippen LogP contribution in [0.1, 0.15) is 39.7 Å². The van der Waals surface area contributed by atoms with E-state index in [0.29, 0.717) is 18.5 Å². The predicted molar refractivity (Wildman–Crippen MR) is 112 cm³/mol. The molecule has 0 radical (unpaired) electrons.